The number of ether oxygens (including phenoxy) is 1. The molecule has 3 fully saturated rings. The Morgan fingerprint density at radius 2 is 2.00 bits per heavy atom. The summed E-state index contributed by atoms with van der Waals surface area (Å²) >= 11 is 1.65. The summed E-state index contributed by atoms with van der Waals surface area (Å²) in [5.74, 6) is -1.65. The van der Waals surface area contributed by atoms with Crippen molar-refractivity contribution in [2.45, 2.75) is 95.3 Å². The first-order chi connectivity index (χ1) is 15.2. The van der Waals surface area contributed by atoms with Crippen LogP contribution in [0.4, 0.5) is 0 Å². The average molecular weight is 469 g/mol. The van der Waals surface area contributed by atoms with Crippen LogP contribution < -0.4 is 5.32 Å². The van der Waals surface area contributed by atoms with Gasteiger partial charge < -0.3 is 20.1 Å². The number of likely N-dealkylation sites (tertiary alicyclic amines) is 1. The maximum atomic E-state index is 14.0. The number of carbonyl (C=O) groups is 3. The van der Waals surface area contributed by atoms with Crippen LogP contribution in [-0.2, 0) is 19.1 Å². The standard InChI is InChI=1S/C24H40N2O5S/c1-7-10-15(6)25-21(28)20-24-14(5)11-17(32-24)18(23(30)31-9-3)19(24)22(29)26(20)16(12-27)13(4)8-2/h13-20,27H,7-12H2,1-6H3,(H,25,28)/t13-,14?,15?,16-,17+,18-,19-,20?,24?/m0/s1. The fourth-order valence-corrected chi connectivity index (χ4v) is 8.66. The molecule has 3 heterocycles. The smallest absolute Gasteiger partial charge is 0.310 e. The lowest BCUT2D eigenvalue weighted by Crippen LogP contribution is -2.60. The second kappa shape index (κ2) is 9.92. The van der Waals surface area contributed by atoms with Crippen molar-refractivity contribution in [3.05, 3.63) is 0 Å². The zero-order valence-corrected chi connectivity index (χ0v) is 21.1. The summed E-state index contributed by atoms with van der Waals surface area (Å²) in [5, 5.41) is 13.4. The van der Waals surface area contributed by atoms with E-state index in [1.165, 1.54) is 0 Å². The molecule has 1 spiro atoms. The first kappa shape index (κ1) is 25.3. The van der Waals surface area contributed by atoms with Gasteiger partial charge in [-0.25, -0.2) is 0 Å². The van der Waals surface area contributed by atoms with Gasteiger partial charge in [0.25, 0.3) is 0 Å². The highest BCUT2D eigenvalue weighted by atomic mass is 32.2. The van der Waals surface area contributed by atoms with E-state index in [0.29, 0.717) is 0 Å². The van der Waals surface area contributed by atoms with Crippen molar-refractivity contribution in [3.8, 4) is 0 Å². The Kier molecular flexibility index (Phi) is 7.85. The zero-order chi connectivity index (χ0) is 23.8. The molecule has 4 unspecified atom stereocenters. The summed E-state index contributed by atoms with van der Waals surface area (Å²) in [4.78, 5) is 42.4. The highest BCUT2D eigenvalue weighted by Gasteiger charge is 2.77. The molecule has 3 aliphatic heterocycles. The Bertz CT molecular complexity index is 733. The second-order valence-electron chi connectivity index (χ2n) is 9.88. The molecule has 8 heteroatoms. The quantitative estimate of drug-likeness (QED) is 0.479. The lowest BCUT2D eigenvalue weighted by Gasteiger charge is -2.41. The topological polar surface area (TPSA) is 95.9 Å². The van der Waals surface area contributed by atoms with Crippen LogP contribution in [0.5, 0.6) is 0 Å². The third kappa shape index (κ3) is 3.85. The maximum Gasteiger partial charge on any atom is 0.310 e. The highest BCUT2D eigenvalue weighted by Crippen LogP contribution is 2.69. The molecule has 9 atom stereocenters. The van der Waals surface area contributed by atoms with Crippen molar-refractivity contribution in [3.63, 3.8) is 0 Å². The fraction of sp³-hybridized carbons (Fsp3) is 0.875. The minimum atomic E-state index is -0.699. The van der Waals surface area contributed by atoms with E-state index < -0.39 is 28.7 Å². The third-order valence-electron chi connectivity index (χ3n) is 7.95. The normalized spacial score (nSPS) is 36.0. The molecule has 0 saturated carbocycles. The Morgan fingerprint density at radius 1 is 1.31 bits per heavy atom. The predicted molar refractivity (Wildman–Crippen MR) is 125 cm³/mol. The fourth-order valence-electron chi connectivity index (χ4n) is 6.26. The van der Waals surface area contributed by atoms with Crippen LogP contribution in [0.3, 0.4) is 0 Å². The van der Waals surface area contributed by atoms with Crippen LogP contribution in [0.1, 0.15) is 67.2 Å². The first-order valence-electron chi connectivity index (χ1n) is 12.3. The number of aliphatic hydroxyl groups excluding tert-OH is 1. The number of nitrogens with zero attached hydrogens (tertiary/aromatic N) is 1. The number of nitrogens with one attached hydrogen (secondary N) is 1. The van der Waals surface area contributed by atoms with Crippen molar-refractivity contribution >= 4 is 29.5 Å². The monoisotopic (exact) mass is 468 g/mol. The Labute approximate surface area is 196 Å². The van der Waals surface area contributed by atoms with Gasteiger partial charge in [-0.05, 0) is 38.5 Å². The van der Waals surface area contributed by atoms with Crippen LogP contribution in [0.2, 0.25) is 0 Å². The molecular weight excluding hydrogens is 428 g/mol. The van der Waals surface area contributed by atoms with E-state index in [2.05, 4.69) is 19.2 Å². The Morgan fingerprint density at radius 3 is 2.56 bits per heavy atom. The summed E-state index contributed by atoms with van der Waals surface area (Å²) in [6, 6.07) is -1.16. The minimum Gasteiger partial charge on any atom is -0.466 e. The van der Waals surface area contributed by atoms with Gasteiger partial charge in [-0.1, -0.05) is 40.5 Å². The van der Waals surface area contributed by atoms with Crippen molar-refractivity contribution in [1.29, 1.82) is 0 Å². The number of esters is 1. The van der Waals surface area contributed by atoms with E-state index in [9.17, 15) is 19.5 Å². The summed E-state index contributed by atoms with van der Waals surface area (Å²) < 4.78 is 4.71. The van der Waals surface area contributed by atoms with Gasteiger partial charge in [0, 0.05) is 11.3 Å². The number of aliphatic hydroxyl groups is 1. The van der Waals surface area contributed by atoms with Gasteiger partial charge in [-0.15, -0.1) is 11.8 Å². The van der Waals surface area contributed by atoms with Crippen LogP contribution in [0, 0.1) is 23.7 Å². The molecule has 0 aromatic heterocycles. The van der Waals surface area contributed by atoms with E-state index in [0.717, 1.165) is 25.7 Å². The molecule has 2 bridgehead atoms. The van der Waals surface area contributed by atoms with Crippen molar-refractivity contribution in [2.24, 2.45) is 23.7 Å². The lowest BCUT2D eigenvalue weighted by molar-refractivity contribution is -0.154. The van der Waals surface area contributed by atoms with Gasteiger partial charge in [-0.3, -0.25) is 14.4 Å². The van der Waals surface area contributed by atoms with Crippen molar-refractivity contribution in [2.75, 3.05) is 13.2 Å². The summed E-state index contributed by atoms with van der Waals surface area (Å²) in [7, 11) is 0. The van der Waals surface area contributed by atoms with E-state index in [-0.39, 0.29) is 54.1 Å². The number of carbonyl (C=O) groups excluding carboxylic acids is 3. The van der Waals surface area contributed by atoms with Crippen molar-refractivity contribution in [1.82, 2.24) is 10.2 Å². The minimum absolute atomic E-state index is 0.00385. The van der Waals surface area contributed by atoms with E-state index in [1.807, 2.05) is 20.8 Å². The van der Waals surface area contributed by atoms with Gasteiger partial charge in [0.2, 0.25) is 11.8 Å². The molecular formula is C24H40N2O5S. The van der Waals surface area contributed by atoms with E-state index >= 15 is 0 Å². The molecule has 0 aromatic carbocycles. The van der Waals surface area contributed by atoms with Gasteiger partial charge >= 0.3 is 5.97 Å². The van der Waals surface area contributed by atoms with Gasteiger partial charge in [0.1, 0.15) is 6.04 Å². The largest absolute Gasteiger partial charge is 0.466 e. The molecule has 3 saturated heterocycles. The molecule has 0 aliphatic carbocycles. The van der Waals surface area contributed by atoms with Gasteiger partial charge in [-0.2, -0.15) is 0 Å². The van der Waals surface area contributed by atoms with Crippen LogP contribution in [0.15, 0.2) is 0 Å². The number of fused-ring (bicyclic) bond motifs is 1. The molecule has 0 radical (unpaired) electrons. The molecule has 7 nitrogen and oxygen atoms in total. The SMILES string of the molecule is CCCC(C)NC(=O)C1N([C@@H](CO)[C@@H](C)CC)C(=O)[C@@H]2[C@@H](C(=O)OCC)[C@H]3CC(C)C12S3. The third-order valence-corrected chi connectivity index (χ3v) is 10.0. The molecule has 32 heavy (non-hydrogen) atoms. The number of thioether (sulfide) groups is 1. The van der Waals surface area contributed by atoms with Crippen LogP contribution in [-0.4, -0.2) is 69.1 Å². The van der Waals surface area contributed by atoms with Gasteiger partial charge in [0.05, 0.1) is 35.8 Å². The Balaban J connectivity index is 2.08. The van der Waals surface area contributed by atoms with E-state index in [4.69, 9.17) is 4.74 Å². The number of rotatable bonds is 10. The summed E-state index contributed by atoms with van der Waals surface area (Å²) in [5.41, 5.74) is 0. The highest BCUT2D eigenvalue weighted by molar-refractivity contribution is 8.02. The average Bonchev–Trinajstić information content (AvgIpc) is 3.33. The molecule has 2 amide bonds. The van der Waals surface area contributed by atoms with Crippen molar-refractivity contribution < 1.29 is 24.2 Å². The zero-order valence-electron chi connectivity index (χ0n) is 20.3. The van der Waals surface area contributed by atoms with Gasteiger partial charge in [0.15, 0.2) is 0 Å². The Hall–Kier alpha value is -1.28. The van der Waals surface area contributed by atoms with Crippen LogP contribution in [0.25, 0.3) is 0 Å². The number of amides is 2. The second-order valence-corrected chi connectivity index (χ2v) is 11.4. The summed E-state index contributed by atoms with van der Waals surface area (Å²) in [6.07, 6.45) is 3.37. The molecule has 182 valence electrons. The predicted octanol–water partition coefficient (Wildman–Crippen LogP) is 2.60. The molecule has 2 N–H and O–H groups in total. The summed E-state index contributed by atoms with van der Waals surface area (Å²) in [6.45, 7) is 12.0. The molecule has 0 aromatic rings. The maximum absolute atomic E-state index is 14.0. The molecule has 3 rings (SSSR count). The lowest BCUT2D eigenvalue weighted by atomic mass is 9.66. The number of hydrogen-bond donors (Lipinski definition) is 2. The van der Waals surface area contributed by atoms with Crippen LogP contribution >= 0.6 is 11.8 Å². The first-order valence-corrected chi connectivity index (χ1v) is 13.1. The number of hydrogen-bond acceptors (Lipinski definition) is 6. The molecule has 3 aliphatic rings. The van der Waals surface area contributed by atoms with E-state index in [1.54, 1.807) is 23.6 Å².